The summed E-state index contributed by atoms with van der Waals surface area (Å²) in [7, 11) is 0. The molecule has 1 unspecified atom stereocenters. The zero-order valence-corrected chi connectivity index (χ0v) is 17.1. The third-order valence-corrected chi connectivity index (χ3v) is 4.96. The summed E-state index contributed by atoms with van der Waals surface area (Å²) >= 11 is 0. The second kappa shape index (κ2) is 8.51. The Hall–Kier alpha value is -3.44. The third-order valence-electron chi connectivity index (χ3n) is 4.96. The molecule has 152 valence electrons. The van der Waals surface area contributed by atoms with Crippen LogP contribution in [-0.2, 0) is 9.53 Å². The molecule has 0 saturated carbocycles. The molecule has 5 heteroatoms. The summed E-state index contributed by atoms with van der Waals surface area (Å²) in [4.78, 5) is 18.9. The molecule has 4 rings (SSSR count). The van der Waals surface area contributed by atoms with Crippen molar-refractivity contribution in [3.05, 3.63) is 84.7 Å². The number of rotatable bonds is 7. The van der Waals surface area contributed by atoms with Crippen molar-refractivity contribution in [2.24, 2.45) is 5.41 Å². The lowest BCUT2D eigenvalue weighted by atomic mass is 9.97. The summed E-state index contributed by atoms with van der Waals surface area (Å²) in [5, 5.41) is 3.23. The number of imidazole rings is 1. The van der Waals surface area contributed by atoms with Crippen molar-refractivity contribution in [3.63, 3.8) is 0 Å². The fourth-order valence-corrected chi connectivity index (χ4v) is 3.14. The molecular formula is C25H25N3O2. The molecule has 1 atom stereocenters. The van der Waals surface area contributed by atoms with Crippen LogP contribution < -0.4 is 5.32 Å². The first-order valence-electron chi connectivity index (χ1n) is 9.98. The van der Waals surface area contributed by atoms with Crippen LogP contribution in [0.2, 0.25) is 0 Å². The largest absolute Gasteiger partial charge is 0.362 e. The van der Waals surface area contributed by atoms with E-state index in [2.05, 4.69) is 51.7 Å². The highest BCUT2D eigenvalue weighted by molar-refractivity contribution is 5.76. The van der Waals surface area contributed by atoms with Gasteiger partial charge in [-0.05, 0) is 22.8 Å². The SMILES string of the molecule is CC(C)(C=O)COC1C=CC(c2ccc(-c3ncc(-c4ccccc4)[nH]3)cc2)=CN1. The van der Waals surface area contributed by atoms with Gasteiger partial charge in [0.25, 0.3) is 0 Å². The van der Waals surface area contributed by atoms with Crippen molar-refractivity contribution >= 4 is 11.9 Å². The van der Waals surface area contributed by atoms with Gasteiger partial charge in [-0.25, -0.2) is 4.98 Å². The number of H-pyrrole nitrogens is 1. The van der Waals surface area contributed by atoms with E-state index >= 15 is 0 Å². The number of dihydropyridines is 1. The number of carbonyl (C=O) groups is 1. The van der Waals surface area contributed by atoms with Gasteiger partial charge >= 0.3 is 0 Å². The lowest BCUT2D eigenvalue weighted by molar-refractivity contribution is -0.118. The predicted molar refractivity (Wildman–Crippen MR) is 119 cm³/mol. The van der Waals surface area contributed by atoms with Gasteiger partial charge in [0.15, 0.2) is 0 Å². The quantitative estimate of drug-likeness (QED) is 0.560. The average molecular weight is 399 g/mol. The number of aldehydes is 1. The van der Waals surface area contributed by atoms with Gasteiger partial charge in [-0.3, -0.25) is 0 Å². The number of hydrogen-bond donors (Lipinski definition) is 2. The lowest BCUT2D eigenvalue weighted by Gasteiger charge is -2.23. The molecule has 0 aliphatic carbocycles. The number of carbonyl (C=O) groups excluding carboxylic acids is 1. The number of nitrogens with zero attached hydrogens (tertiary/aromatic N) is 1. The molecule has 2 heterocycles. The molecule has 2 N–H and O–H groups in total. The highest BCUT2D eigenvalue weighted by atomic mass is 16.5. The number of hydrogen-bond acceptors (Lipinski definition) is 4. The smallest absolute Gasteiger partial charge is 0.146 e. The molecule has 30 heavy (non-hydrogen) atoms. The molecule has 0 amide bonds. The van der Waals surface area contributed by atoms with E-state index in [1.807, 2.05) is 56.6 Å². The van der Waals surface area contributed by atoms with Gasteiger partial charge in [0, 0.05) is 17.2 Å². The van der Waals surface area contributed by atoms with Gasteiger partial charge in [-0.1, -0.05) is 74.5 Å². The Morgan fingerprint density at radius 1 is 1.03 bits per heavy atom. The number of aromatic nitrogens is 2. The molecule has 1 aliphatic heterocycles. The molecule has 2 aromatic carbocycles. The Labute approximate surface area is 176 Å². The maximum atomic E-state index is 11.0. The number of nitrogens with one attached hydrogen (secondary N) is 2. The predicted octanol–water partition coefficient (Wildman–Crippen LogP) is 4.81. The van der Waals surface area contributed by atoms with Gasteiger partial charge < -0.3 is 19.8 Å². The number of aromatic amines is 1. The van der Waals surface area contributed by atoms with Gasteiger partial charge in [0.2, 0.25) is 0 Å². The summed E-state index contributed by atoms with van der Waals surface area (Å²) in [6, 6.07) is 18.4. The van der Waals surface area contributed by atoms with E-state index in [1.54, 1.807) is 0 Å². The van der Waals surface area contributed by atoms with Gasteiger partial charge in [-0.15, -0.1) is 0 Å². The van der Waals surface area contributed by atoms with Crippen LogP contribution in [0, 0.1) is 5.41 Å². The van der Waals surface area contributed by atoms with Crippen molar-refractivity contribution in [1.29, 1.82) is 0 Å². The minimum atomic E-state index is -0.485. The summed E-state index contributed by atoms with van der Waals surface area (Å²) in [6.45, 7) is 4.08. The molecule has 0 fully saturated rings. The molecule has 1 aliphatic rings. The normalized spacial score (nSPS) is 16.1. The molecule has 0 spiro atoms. The van der Waals surface area contributed by atoms with E-state index in [4.69, 9.17) is 4.74 Å². The maximum Gasteiger partial charge on any atom is 0.146 e. The number of allylic oxidation sites excluding steroid dienone is 2. The van der Waals surface area contributed by atoms with E-state index in [9.17, 15) is 4.79 Å². The van der Waals surface area contributed by atoms with E-state index in [0.29, 0.717) is 6.61 Å². The van der Waals surface area contributed by atoms with Crippen LogP contribution in [-0.4, -0.2) is 29.1 Å². The fourth-order valence-electron chi connectivity index (χ4n) is 3.14. The van der Waals surface area contributed by atoms with Crippen LogP contribution in [0.1, 0.15) is 19.4 Å². The first kappa shape index (κ1) is 19.9. The van der Waals surface area contributed by atoms with Crippen molar-refractivity contribution in [2.75, 3.05) is 6.61 Å². The Bertz CT molecular complexity index is 1060. The monoisotopic (exact) mass is 399 g/mol. The van der Waals surface area contributed by atoms with Crippen LogP contribution in [0.4, 0.5) is 0 Å². The van der Waals surface area contributed by atoms with E-state index in [-0.39, 0.29) is 6.23 Å². The van der Waals surface area contributed by atoms with Crippen LogP contribution in [0.15, 0.2) is 79.1 Å². The molecular weight excluding hydrogens is 374 g/mol. The third kappa shape index (κ3) is 4.58. The van der Waals surface area contributed by atoms with E-state index in [0.717, 1.165) is 40.1 Å². The Kier molecular flexibility index (Phi) is 5.63. The summed E-state index contributed by atoms with van der Waals surface area (Å²) in [5.41, 5.74) is 4.84. The Morgan fingerprint density at radius 3 is 2.43 bits per heavy atom. The van der Waals surface area contributed by atoms with Gasteiger partial charge in [0.05, 0.1) is 18.5 Å². The summed E-state index contributed by atoms with van der Waals surface area (Å²) < 4.78 is 5.75. The molecule has 0 bridgehead atoms. The van der Waals surface area contributed by atoms with Gasteiger partial charge in [0.1, 0.15) is 18.3 Å². The second-order valence-electron chi connectivity index (χ2n) is 8.05. The first-order chi connectivity index (χ1) is 14.5. The zero-order chi connectivity index (χ0) is 21.0. The van der Waals surface area contributed by atoms with Crippen LogP contribution >= 0.6 is 0 Å². The Balaban J connectivity index is 1.41. The molecule has 0 saturated heterocycles. The lowest BCUT2D eigenvalue weighted by Crippen LogP contribution is -2.32. The van der Waals surface area contributed by atoms with E-state index in [1.165, 1.54) is 0 Å². The summed E-state index contributed by atoms with van der Waals surface area (Å²) in [5.74, 6) is 0.845. The molecule has 0 radical (unpaired) electrons. The van der Waals surface area contributed by atoms with Crippen molar-refractivity contribution in [1.82, 2.24) is 15.3 Å². The number of benzene rings is 2. The number of ether oxygens (including phenoxy) is 1. The summed E-state index contributed by atoms with van der Waals surface area (Å²) in [6.07, 6.45) is 8.48. The van der Waals surface area contributed by atoms with Crippen LogP contribution in [0.25, 0.3) is 28.2 Å². The Morgan fingerprint density at radius 2 is 1.77 bits per heavy atom. The average Bonchev–Trinajstić information content (AvgIpc) is 3.29. The standard InChI is InChI=1S/C25H25N3O2/c1-25(2,16-29)17-30-23-13-12-21(14-26-23)18-8-10-20(11-9-18)24-27-15-22(28-24)19-6-4-3-5-7-19/h3-16,23,26H,17H2,1-2H3,(H,27,28). The second-order valence-corrected chi connectivity index (χ2v) is 8.05. The molecule has 1 aromatic heterocycles. The maximum absolute atomic E-state index is 11.0. The van der Waals surface area contributed by atoms with Crippen molar-refractivity contribution in [3.8, 4) is 22.6 Å². The van der Waals surface area contributed by atoms with E-state index < -0.39 is 5.41 Å². The van der Waals surface area contributed by atoms with Crippen LogP contribution in [0.5, 0.6) is 0 Å². The highest BCUT2D eigenvalue weighted by Crippen LogP contribution is 2.25. The molecule has 3 aromatic rings. The van der Waals surface area contributed by atoms with Crippen molar-refractivity contribution in [2.45, 2.75) is 20.1 Å². The highest BCUT2D eigenvalue weighted by Gasteiger charge is 2.19. The topological polar surface area (TPSA) is 67.0 Å². The first-order valence-corrected chi connectivity index (χ1v) is 9.98. The molecule has 5 nitrogen and oxygen atoms in total. The van der Waals surface area contributed by atoms with Crippen molar-refractivity contribution < 1.29 is 9.53 Å². The fraction of sp³-hybridized carbons (Fsp3) is 0.200. The van der Waals surface area contributed by atoms with Crippen LogP contribution in [0.3, 0.4) is 0 Å². The zero-order valence-electron chi connectivity index (χ0n) is 17.1. The minimum Gasteiger partial charge on any atom is -0.362 e. The van der Waals surface area contributed by atoms with Gasteiger partial charge in [-0.2, -0.15) is 0 Å². The minimum absolute atomic E-state index is 0.230.